The molecule has 132 valence electrons. The van der Waals surface area contributed by atoms with Crippen molar-refractivity contribution in [3.8, 4) is 5.75 Å². The monoisotopic (exact) mass is 455 g/mol. The summed E-state index contributed by atoms with van der Waals surface area (Å²) >= 11 is 0. The van der Waals surface area contributed by atoms with E-state index in [1.807, 2.05) is 37.3 Å². The van der Waals surface area contributed by atoms with Crippen LogP contribution in [0.2, 0.25) is 0 Å². The Morgan fingerprint density at radius 3 is 2.52 bits per heavy atom. The Bertz CT molecular complexity index is 550. The Kier molecular flexibility index (Phi) is 11.8. The van der Waals surface area contributed by atoms with Crippen molar-refractivity contribution >= 4 is 39.8 Å². The van der Waals surface area contributed by atoms with E-state index in [0.29, 0.717) is 25.7 Å². The van der Waals surface area contributed by atoms with E-state index in [9.17, 15) is 8.42 Å². The first-order valence-electron chi connectivity index (χ1n) is 7.39. The normalized spacial score (nSPS) is 11.5. The van der Waals surface area contributed by atoms with Gasteiger partial charge in [0, 0.05) is 32.3 Å². The second-order valence-electron chi connectivity index (χ2n) is 4.83. The van der Waals surface area contributed by atoms with E-state index in [-0.39, 0.29) is 29.7 Å². The molecule has 1 aromatic rings. The molecule has 0 bridgehead atoms. The van der Waals surface area contributed by atoms with Crippen molar-refractivity contribution in [2.75, 3.05) is 38.2 Å². The third kappa shape index (κ3) is 12.1. The summed E-state index contributed by atoms with van der Waals surface area (Å²) in [5, 5.41) is 6.09. The molecular formula is C15H26IN3O3S. The van der Waals surface area contributed by atoms with Crippen LogP contribution in [-0.4, -0.2) is 52.6 Å². The van der Waals surface area contributed by atoms with E-state index in [0.717, 1.165) is 18.7 Å². The molecule has 0 saturated heterocycles. The number of aliphatic imine (C=N–C) groups is 1. The lowest BCUT2D eigenvalue weighted by molar-refractivity contribution is 0.313. The SMILES string of the molecule is CCNC(=NCCCOc1ccccc1)NCCS(C)(=O)=O.I. The van der Waals surface area contributed by atoms with Gasteiger partial charge in [0.2, 0.25) is 0 Å². The molecule has 0 unspecified atom stereocenters. The molecule has 0 aliphatic heterocycles. The number of nitrogens with zero attached hydrogens (tertiary/aromatic N) is 1. The molecule has 23 heavy (non-hydrogen) atoms. The molecule has 0 atom stereocenters. The number of para-hydroxylation sites is 1. The number of nitrogens with one attached hydrogen (secondary N) is 2. The van der Waals surface area contributed by atoms with Crippen molar-refractivity contribution < 1.29 is 13.2 Å². The van der Waals surface area contributed by atoms with E-state index in [2.05, 4.69) is 15.6 Å². The van der Waals surface area contributed by atoms with E-state index in [4.69, 9.17) is 4.74 Å². The number of ether oxygens (including phenoxy) is 1. The van der Waals surface area contributed by atoms with Crippen LogP contribution in [-0.2, 0) is 9.84 Å². The molecule has 0 aromatic heterocycles. The standard InChI is InChI=1S/C15H25N3O3S.HI/c1-3-16-15(18-11-13-22(2,19)20)17-10-7-12-21-14-8-5-4-6-9-14;/h4-6,8-9H,3,7,10-13H2,1-2H3,(H2,16,17,18);1H. The predicted molar refractivity (Wildman–Crippen MR) is 106 cm³/mol. The summed E-state index contributed by atoms with van der Waals surface area (Å²) < 4.78 is 27.8. The maximum Gasteiger partial charge on any atom is 0.191 e. The van der Waals surface area contributed by atoms with Crippen LogP contribution in [0.5, 0.6) is 5.75 Å². The van der Waals surface area contributed by atoms with Gasteiger partial charge in [-0.1, -0.05) is 18.2 Å². The average molecular weight is 455 g/mol. The van der Waals surface area contributed by atoms with Crippen LogP contribution in [0.15, 0.2) is 35.3 Å². The molecule has 1 aromatic carbocycles. The lowest BCUT2D eigenvalue weighted by Crippen LogP contribution is -2.39. The molecule has 0 aliphatic carbocycles. The minimum Gasteiger partial charge on any atom is -0.494 e. The zero-order valence-corrected chi connectivity index (χ0v) is 16.8. The van der Waals surface area contributed by atoms with Crippen molar-refractivity contribution in [2.24, 2.45) is 4.99 Å². The summed E-state index contributed by atoms with van der Waals surface area (Å²) in [6.07, 6.45) is 2.01. The van der Waals surface area contributed by atoms with Crippen LogP contribution < -0.4 is 15.4 Å². The van der Waals surface area contributed by atoms with Crippen molar-refractivity contribution in [1.82, 2.24) is 10.6 Å². The van der Waals surface area contributed by atoms with Crippen LogP contribution in [0, 0.1) is 0 Å². The highest BCUT2D eigenvalue weighted by Crippen LogP contribution is 2.08. The summed E-state index contributed by atoms with van der Waals surface area (Å²) in [4.78, 5) is 4.38. The molecule has 0 amide bonds. The lowest BCUT2D eigenvalue weighted by Gasteiger charge is -2.11. The number of hydrogen-bond donors (Lipinski definition) is 2. The van der Waals surface area contributed by atoms with Gasteiger partial charge in [0.15, 0.2) is 5.96 Å². The van der Waals surface area contributed by atoms with Crippen LogP contribution in [0.25, 0.3) is 0 Å². The first-order valence-corrected chi connectivity index (χ1v) is 9.45. The molecule has 0 fully saturated rings. The number of guanidine groups is 1. The minimum absolute atomic E-state index is 0. The third-order valence-electron chi connectivity index (χ3n) is 2.69. The average Bonchev–Trinajstić information content (AvgIpc) is 2.46. The zero-order valence-electron chi connectivity index (χ0n) is 13.6. The van der Waals surface area contributed by atoms with Crippen molar-refractivity contribution in [1.29, 1.82) is 0 Å². The smallest absolute Gasteiger partial charge is 0.191 e. The summed E-state index contributed by atoms with van der Waals surface area (Å²) in [5.74, 6) is 1.57. The Morgan fingerprint density at radius 1 is 1.22 bits per heavy atom. The second-order valence-corrected chi connectivity index (χ2v) is 7.09. The fourth-order valence-electron chi connectivity index (χ4n) is 1.66. The first-order chi connectivity index (χ1) is 10.5. The largest absolute Gasteiger partial charge is 0.494 e. The summed E-state index contributed by atoms with van der Waals surface area (Å²) in [7, 11) is -2.96. The Labute approximate surface area is 156 Å². The van der Waals surface area contributed by atoms with Crippen molar-refractivity contribution in [3.63, 3.8) is 0 Å². The predicted octanol–water partition coefficient (Wildman–Crippen LogP) is 1.67. The van der Waals surface area contributed by atoms with Gasteiger partial charge in [-0.3, -0.25) is 4.99 Å². The highest BCUT2D eigenvalue weighted by molar-refractivity contribution is 14.0. The van der Waals surface area contributed by atoms with Gasteiger partial charge in [-0.25, -0.2) is 8.42 Å². The number of halogens is 1. The van der Waals surface area contributed by atoms with Crippen LogP contribution in [0.4, 0.5) is 0 Å². The van der Waals surface area contributed by atoms with Crippen molar-refractivity contribution in [2.45, 2.75) is 13.3 Å². The third-order valence-corrected chi connectivity index (χ3v) is 3.64. The fourth-order valence-corrected chi connectivity index (χ4v) is 2.13. The van der Waals surface area contributed by atoms with Gasteiger partial charge >= 0.3 is 0 Å². The Balaban J connectivity index is 0.00000484. The Morgan fingerprint density at radius 2 is 1.91 bits per heavy atom. The highest BCUT2D eigenvalue weighted by atomic mass is 127. The number of hydrogen-bond acceptors (Lipinski definition) is 4. The molecule has 1 rings (SSSR count). The van der Waals surface area contributed by atoms with Gasteiger partial charge in [-0.15, -0.1) is 24.0 Å². The number of rotatable bonds is 9. The van der Waals surface area contributed by atoms with Crippen LogP contribution in [0.3, 0.4) is 0 Å². The van der Waals surface area contributed by atoms with Crippen molar-refractivity contribution in [3.05, 3.63) is 30.3 Å². The molecule has 8 heteroatoms. The van der Waals surface area contributed by atoms with Crippen LogP contribution in [0.1, 0.15) is 13.3 Å². The van der Waals surface area contributed by atoms with Gasteiger partial charge in [-0.05, 0) is 19.1 Å². The Hall–Kier alpha value is -1.03. The van der Waals surface area contributed by atoms with Gasteiger partial charge in [0.1, 0.15) is 15.6 Å². The van der Waals surface area contributed by atoms with Gasteiger partial charge in [0.05, 0.1) is 12.4 Å². The number of sulfone groups is 1. The fraction of sp³-hybridized carbons (Fsp3) is 0.533. The lowest BCUT2D eigenvalue weighted by atomic mass is 10.3. The van der Waals surface area contributed by atoms with E-state index < -0.39 is 9.84 Å². The zero-order chi connectivity index (χ0) is 16.3. The molecular weight excluding hydrogens is 429 g/mol. The van der Waals surface area contributed by atoms with E-state index >= 15 is 0 Å². The number of benzene rings is 1. The summed E-state index contributed by atoms with van der Waals surface area (Å²) in [5.41, 5.74) is 0. The van der Waals surface area contributed by atoms with Gasteiger partial charge in [-0.2, -0.15) is 0 Å². The minimum atomic E-state index is -2.96. The van der Waals surface area contributed by atoms with Crippen LogP contribution >= 0.6 is 24.0 Å². The summed E-state index contributed by atoms with van der Waals surface area (Å²) in [6, 6.07) is 9.65. The van der Waals surface area contributed by atoms with E-state index in [1.165, 1.54) is 6.26 Å². The molecule has 0 heterocycles. The maximum atomic E-state index is 11.1. The molecule has 0 saturated carbocycles. The van der Waals surface area contributed by atoms with E-state index in [1.54, 1.807) is 0 Å². The second kappa shape index (κ2) is 12.4. The highest BCUT2D eigenvalue weighted by Gasteiger charge is 2.02. The molecule has 0 spiro atoms. The quantitative estimate of drug-likeness (QED) is 0.256. The van der Waals surface area contributed by atoms with Gasteiger partial charge < -0.3 is 15.4 Å². The first kappa shape index (κ1) is 22.0. The molecule has 2 N–H and O–H groups in total. The molecule has 6 nitrogen and oxygen atoms in total. The molecule has 0 radical (unpaired) electrons. The summed E-state index contributed by atoms with van der Waals surface area (Å²) in [6.45, 7) is 4.25. The van der Waals surface area contributed by atoms with Gasteiger partial charge in [0.25, 0.3) is 0 Å². The topological polar surface area (TPSA) is 79.8 Å². The molecule has 0 aliphatic rings. The maximum absolute atomic E-state index is 11.1.